The van der Waals surface area contributed by atoms with Crippen molar-refractivity contribution in [1.29, 1.82) is 0 Å². The van der Waals surface area contributed by atoms with Crippen LogP contribution >= 0.6 is 12.4 Å². The lowest BCUT2D eigenvalue weighted by Gasteiger charge is -2.34. The molecule has 2 heterocycles. The Kier molecular flexibility index (Phi) is 5.65. The number of rotatable bonds is 5. The number of carbonyl (C=O) groups excluding carboxylic acids is 1. The predicted molar refractivity (Wildman–Crippen MR) is 82.9 cm³/mol. The minimum Gasteiger partial charge on any atom is -0.360 e. The van der Waals surface area contributed by atoms with Crippen LogP contribution in [0.2, 0.25) is 0 Å². The Morgan fingerprint density at radius 3 is 2.71 bits per heavy atom. The van der Waals surface area contributed by atoms with Crippen LogP contribution < -0.4 is 5.32 Å². The summed E-state index contributed by atoms with van der Waals surface area (Å²) < 4.78 is 5.32. The van der Waals surface area contributed by atoms with Gasteiger partial charge in [-0.25, -0.2) is 0 Å². The summed E-state index contributed by atoms with van der Waals surface area (Å²) in [6.07, 6.45) is 5.35. The average Bonchev–Trinajstić information content (AvgIpc) is 3.22. The quantitative estimate of drug-likeness (QED) is 0.907. The van der Waals surface area contributed by atoms with Crippen molar-refractivity contribution in [2.45, 2.75) is 51.0 Å². The van der Waals surface area contributed by atoms with Crippen LogP contribution in [0.4, 0.5) is 0 Å². The Morgan fingerprint density at radius 2 is 2.10 bits per heavy atom. The molecule has 0 radical (unpaired) electrons. The van der Waals surface area contributed by atoms with Crippen molar-refractivity contribution in [3.63, 3.8) is 0 Å². The molecule has 1 amide bonds. The van der Waals surface area contributed by atoms with E-state index in [2.05, 4.69) is 17.4 Å². The second-order valence-corrected chi connectivity index (χ2v) is 5.87. The molecule has 1 aliphatic heterocycles. The van der Waals surface area contributed by atoms with E-state index >= 15 is 0 Å². The van der Waals surface area contributed by atoms with Crippen LogP contribution in [0.1, 0.15) is 61.2 Å². The number of piperidine rings is 1. The fourth-order valence-electron chi connectivity index (χ4n) is 2.91. The molecule has 1 saturated heterocycles. The monoisotopic (exact) mass is 313 g/mol. The van der Waals surface area contributed by atoms with Crippen molar-refractivity contribution >= 4 is 18.3 Å². The largest absolute Gasteiger partial charge is 0.360 e. The molecule has 5 nitrogen and oxygen atoms in total. The molecule has 3 rings (SSSR count). The summed E-state index contributed by atoms with van der Waals surface area (Å²) in [6.45, 7) is 4.89. The first kappa shape index (κ1) is 16.3. The Labute approximate surface area is 131 Å². The summed E-state index contributed by atoms with van der Waals surface area (Å²) >= 11 is 0. The van der Waals surface area contributed by atoms with Gasteiger partial charge in [-0.2, -0.15) is 0 Å². The number of aromatic nitrogens is 1. The third-order valence-corrected chi connectivity index (χ3v) is 4.20. The molecule has 6 heteroatoms. The van der Waals surface area contributed by atoms with Crippen LogP contribution in [-0.2, 0) is 0 Å². The number of nitrogens with one attached hydrogen (secondary N) is 1. The highest BCUT2D eigenvalue weighted by Gasteiger charge is 2.31. The summed E-state index contributed by atoms with van der Waals surface area (Å²) in [5, 5.41) is 7.34. The van der Waals surface area contributed by atoms with Crippen LogP contribution in [0.15, 0.2) is 10.6 Å². The summed E-state index contributed by atoms with van der Waals surface area (Å²) in [5.41, 5.74) is 0.485. The van der Waals surface area contributed by atoms with Crippen molar-refractivity contribution in [2.24, 2.45) is 0 Å². The van der Waals surface area contributed by atoms with E-state index in [4.69, 9.17) is 4.52 Å². The second kappa shape index (κ2) is 7.27. The van der Waals surface area contributed by atoms with Gasteiger partial charge in [-0.3, -0.25) is 4.79 Å². The van der Waals surface area contributed by atoms with Crippen molar-refractivity contribution in [3.05, 3.63) is 17.5 Å². The number of amides is 1. The number of nitrogens with zero attached hydrogens (tertiary/aromatic N) is 2. The van der Waals surface area contributed by atoms with Gasteiger partial charge in [-0.15, -0.1) is 12.4 Å². The molecule has 0 atom stereocenters. The maximum absolute atomic E-state index is 12.7. The lowest BCUT2D eigenvalue weighted by atomic mass is 10.0. The molecule has 2 fully saturated rings. The minimum absolute atomic E-state index is 0. The van der Waals surface area contributed by atoms with Crippen molar-refractivity contribution in [2.75, 3.05) is 19.6 Å². The Hall–Kier alpha value is -1.07. The van der Waals surface area contributed by atoms with Gasteiger partial charge in [0.2, 0.25) is 0 Å². The molecule has 1 aromatic rings. The number of hydrogen-bond donors (Lipinski definition) is 1. The van der Waals surface area contributed by atoms with Crippen LogP contribution in [0, 0.1) is 0 Å². The highest BCUT2D eigenvalue weighted by atomic mass is 35.5. The molecular weight excluding hydrogens is 290 g/mol. The molecule has 0 spiro atoms. The molecule has 1 aromatic heterocycles. The van der Waals surface area contributed by atoms with E-state index in [1.807, 2.05) is 11.0 Å². The third-order valence-electron chi connectivity index (χ3n) is 4.20. The van der Waals surface area contributed by atoms with Gasteiger partial charge in [-0.05, 0) is 45.2 Å². The molecule has 21 heavy (non-hydrogen) atoms. The van der Waals surface area contributed by atoms with E-state index in [9.17, 15) is 4.79 Å². The smallest absolute Gasteiger partial charge is 0.276 e. The van der Waals surface area contributed by atoms with Gasteiger partial charge in [0.1, 0.15) is 5.76 Å². The highest BCUT2D eigenvalue weighted by molar-refractivity contribution is 5.92. The number of carbonyl (C=O) groups is 1. The van der Waals surface area contributed by atoms with Crippen LogP contribution in [0.3, 0.4) is 0 Å². The van der Waals surface area contributed by atoms with Gasteiger partial charge in [-0.1, -0.05) is 12.1 Å². The Bertz CT molecular complexity index is 467. The van der Waals surface area contributed by atoms with E-state index in [1.54, 1.807) is 0 Å². The first-order valence-electron chi connectivity index (χ1n) is 7.78. The molecule has 1 aliphatic carbocycles. The van der Waals surface area contributed by atoms with Gasteiger partial charge >= 0.3 is 0 Å². The van der Waals surface area contributed by atoms with Crippen LogP contribution in [0.25, 0.3) is 0 Å². The molecule has 0 bridgehead atoms. The van der Waals surface area contributed by atoms with E-state index in [0.29, 0.717) is 17.7 Å². The second-order valence-electron chi connectivity index (χ2n) is 5.87. The molecule has 118 valence electrons. The number of halogens is 1. The zero-order chi connectivity index (χ0) is 13.9. The first-order valence-corrected chi connectivity index (χ1v) is 7.78. The summed E-state index contributed by atoms with van der Waals surface area (Å²) in [5.74, 6) is 1.42. The fraction of sp³-hybridized carbons (Fsp3) is 0.733. The lowest BCUT2D eigenvalue weighted by molar-refractivity contribution is 0.0632. The molecule has 1 N–H and O–H groups in total. The molecular formula is C15H24ClN3O2. The van der Waals surface area contributed by atoms with Gasteiger partial charge in [0, 0.05) is 24.6 Å². The van der Waals surface area contributed by atoms with E-state index in [-0.39, 0.29) is 18.3 Å². The molecule has 0 aromatic carbocycles. The van der Waals surface area contributed by atoms with Crippen molar-refractivity contribution in [3.8, 4) is 0 Å². The van der Waals surface area contributed by atoms with Gasteiger partial charge < -0.3 is 14.7 Å². The van der Waals surface area contributed by atoms with Crippen LogP contribution in [-0.4, -0.2) is 41.6 Å². The van der Waals surface area contributed by atoms with E-state index < -0.39 is 0 Å². The maximum Gasteiger partial charge on any atom is 0.276 e. The van der Waals surface area contributed by atoms with Gasteiger partial charge in [0.05, 0.1) is 0 Å². The fourth-order valence-corrected chi connectivity index (χ4v) is 2.91. The lowest BCUT2D eigenvalue weighted by Crippen LogP contribution is -2.46. The van der Waals surface area contributed by atoms with E-state index in [0.717, 1.165) is 57.5 Å². The van der Waals surface area contributed by atoms with Crippen molar-refractivity contribution < 1.29 is 9.32 Å². The Morgan fingerprint density at radius 1 is 1.38 bits per heavy atom. The Balaban J connectivity index is 0.00000161. The summed E-state index contributed by atoms with van der Waals surface area (Å²) in [4.78, 5) is 14.7. The SMILES string of the molecule is CCCN(C(=O)c1cc(C2CC2)on1)C1CCNCC1.Cl. The standard InChI is InChI=1S/C15H23N3O2.ClH/c1-2-9-18(12-5-7-16-8-6-12)15(19)13-10-14(20-17-13)11-3-4-11;/h10-12,16H,2-9H2,1H3;1H. The minimum atomic E-state index is 0. The van der Waals surface area contributed by atoms with Crippen molar-refractivity contribution in [1.82, 2.24) is 15.4 Å². The van der Waals surface area contributed by atoms with E-state index in [1.165, 1.54) is 0 Å². The molecule has 1 saturated carbocycles. The average molecular weight is 314 g/mol. The molecule has 0 unspecified atom stereocenters. The first-order chi connectivity index (χ1) is 9.79. The number of hydrogen-bond acceptors (Lipinski definition) is 4. The molecule has 2 aliphatic rings. The van der Waals surface area contributed by atoms with Gasteiger partial charge in [0.15, 0.2) is 5.69 Å². The topological polar surface area (TPSA) is 58.4 Å². The van der Waals surface area contributed by atoms with Gasteiger partial charge in [0.25, 0.3) is 5.91 Å². The summed E-state index contributed by atoms with van der Waals surface area (Å²) in [7, 11) is 0. The highest BCUT2D eigenvalue weighted by Crippen LogP contribution is 2.40. The summed E-state index contributed by atoms with van der Waals surface area (Å²) in [6, 6.07) is 2.19. The normalized spacial score (nSPS) is 19.1. The third kappa shape index (κ3) is 3.77. The van der Waals surface area contributed by atoms with Crippen LogP contribution in [0.5, 0.6) is 0 Å². The zero-order valence-corrected chi connectivity index (χ0v) is 13.3. The zero-order valence-electron chi connectivity index (χ0n) is 12.5. The maximum atomic E-state index is 12.7. The predicted octanol–water partition coefficient (Wildman–Crippen LogP) is 2.58.